The molecule has 3 rings (SSSR count). The molecule has 0 atom stereocenters. The monoisotopic (exact) mass is 367 g/mol. The molecule has 118 valence electrons. The fourth-order valence-corrected chi connectivity index (χ4v) is 3.23. The van der Waals surface area contributed by atoms with Crippen molar-refractivity contribution in [2.75, 3.05) is 5.32 Å². The number of aromatic nitrogens is 2. The average Bonchev–Trinajstić information content (AvgIpc) is 3.10. The molecule has 0 bridgehead atoms. The molecule has 2 aromatic heterocycles. The number of thiophene rings is 1. The van der Waals surface area contributed by atoms with E-state index in [4.69, 9.17) is 27.6 Å². The minimum atomic E-state index is -0.299. The number of carbonyl (C=O) groups is 1. The van der Waals surface area contributed by atoms with Crippen LogP contribution in [-0.2, 0) is 11.2 Å². The smallest absolute Gasteiger partial charge is 0.258 e. The number of rotatable bonds is 4. The highest BCUT2D eigenvalue weighted by Gasteiger charge is 2.15. The second-order valence-corrected chi connectivity index (χ2v) is 6.54. The predicted molar refractivity (Wildman–Crippen MR) is 91.1 cm³/mol. The first-order chi connectivity index (χ1) is 11.0. The summed E-state index contributed by atoms with van der Waals surface area (Å²) in [5, 5.41) is 13.4. The number of halogens is 2. The molecule has 0 saturated carbocycles. The molecule has 2 heterocycles. The minimum absolute atomic E-state index is 0.0314. The number of hydrogen-bond donors (Lipinski definition) is 1. The van der Waals surface area contributed by atoms with E-state index in [9.17, 15) is 4.79 Å². The summed E-state index contributed by atoms with van der Waals surface area (Å²) < 4.78 is 5.54. The van der Waals surface area contributed by atoms with E-state index in [1.165, 1.54) is 11.3 Å². The van der Waals surface area contributed by atoms with E-state index in [1.807, 2.05) is 18.4 Å². The summed E-state index contributed by atoms with van der Waals surface area (Å²) in [5.41, 5.74) is 1.54. The second kappa shape index (κ2) is 6.70. The molecular formula is C15H11Cl2N3O2S. The van der Waals surface area contributed by atoms with Crippen LogP contribution in [0.2, 0.25) is 10.0 Å². The number of carbonyl (C=O) groups excluding carboxylic acids is 1. The first kappa shape index (κ1) is 16.0. The van der Waals surface area contributed by atoms with Crippen molar-refractivity contribution in [1.29, 1.82) is 0 Å². The molecule has 0 spiro atoms. The van der Waals surface area contributed by atoms with Crippen molar-refractivity contribution in [3.05, 3.63) is 51.1 Å². The standard InChI is InChI=1S/C15H11Cl2N3O2S/c1-8-4-5-23-14(8)15-20-19-13(22-15)7-12(21)18-11-3-2-9(16)6-10(11)17/h2-6H,7H2,1H3,(H,18,21). The molecule has 3 aromatic rings. The molecule has 8 heteroatoms. The van der Waals surface area contributed by atoms with E-state index in [0.717, 1.165) is 10.4 Å². The van der Waals surface area contributed by atoms with Crippen LogP contribution in [0.25, 0.3) is 10.8 Å². The van der Waals surface area contributed by atoms with Crippen LogP contribution >= 0.6 is 34.5 Å². The van der Waals surface area contributed by atoms with E-state index < -0.39 is 0 Å². The molecule has 0 aliphatic carbocycles. The third-order valence-electron chi connectivity index (χ3n) is 3.04. The zero-order valence-corrected chi connectivity index (χ0v) is 14.3. The summed E-state index contributed by atoms with van der Waals surface area (Å²) in [5.74, 6) is 0.368. The normalized spacial score (nSPS) is 10.7. The Morgan fingerprint density at radius 3 is 2.83 bits per heavy atom. The van der Waals surface area contributed by atoms with Gasteiger partial charge < -0.3 is 9.73 Å². The lowest BCUT2D eigenvalue weighted by atomic mass is 10.3. The van der Waals surface area contributed by atoms with Gasteiger partial charge in [0.1, 0.15) is 6.42 Å². The highest BCUT2D eigenvalue weighted by atomic mass is 35.5. The Kier molecular flexibility index (Phi) is 4.66. The number of aryl methyl sites for hydroxylation is 1. The summed E-state index contributed by atoms with van der Waals surface area (Å²) in [6, 6.07) is 6.81. The van der Waals surface area contributed by atoms with Crippen LogP contribution in [0, 0.1) is 6.92 Å². The van der Waals surface area contributed by atoms with Gasteiger partial charge in [-0.05, 0) is 42.1 Å². The molecule has 0 aliphatic rings. The van der Waals surface area contributed by atoms with Gasteiger partial charge >= 0.3 is 0 Å². The summed E-state index contributed by atoms with van der Waals surface area (Å²) >= 11 is 13.3. The van der Waals surface area contributed by atoms with Crippen molar-refractivity contribution in [2.24, 2.45) is 0 Å². The van der Waals surface area contributed by atoms with E-state index in [-0.39, 0.29) is 18.2 Å². The zero-order chi connectivity index (χ0) is 16.4. The minimum Gasteiger partial charge on any atom is -0.419 e. The van der Waals surface area contributed by atoms with Crippen molar-refractivity contribution < 1.29 is 9.21 Å². The van der Waals surface area contributed by atoms with E-state index >= 15 is 0 Å². The van der Waals surface area contributed by atoms with Crippen molar-refractivity contribution in [2.45, 2.75) is 13.3 Å². The third kappa shape index (κ3) is 3.72. The summed E-state index contributed by atoms with van der Waals surface area (Å²) in [6.07, 6.45) is -0.0314. The largest absolute Gasteiger partial charge is 0.419 e. The molecule has 0 aliphatic heterocycles. The predicted octanol–water partition coefficient (Wildman–Crippen LogP) is 4.59. The van der Waals surface area contributed by atoms with E-state index in [2.05, 4.69) is 15.5 Å². The number of amides is 1. The fraction of sp³-hybridized carbons (Fsp3) is 0.133. The SMILES string of the molecule is Cc1ccsc1-c1nnc(CC(=O)Nc2ccc(Cl)cc2Cl)o1. The fourth-order valence-electron chi connectivity index (χ4n) is 1.93. The van der Waals surface area contributed by atoms with Crippen LogP contribution in [0.3, 0.4) is 0 Å². The maximum Gasteiger partial charge on any atom is 0.258 e. The Bertz CT molecular complexity index is 860. The lowest BCUT2D eigenvalue weighted by Crippen LogP contribution is -2.14. The van der Waals surface area contributed by atoms with Crippen molar-refractivity contribution in [1.82, 2.24) is 10.2 Å². The molecule has 23 heavy (non-hydrogen) atoms. The number of nitrogens with zero attached hydrogens (tertiary/aromatic N) is 2. The highest BCUT2D eigenvalue weighted by Crippen LogP contribution is 2.28. The first-order valence-corrected chi connectivity index (χ1v) is 8.28. The Morgan fingerprint density at radius 2 is 2.13 bits per heavy atom. The van der Waals surface area contributed by atoms with Gasteiger partial charge in [-0.3, -0.25) is 4.79 Å². The molecular weight excluding hydrogens is 357 g/mol. The summed E-state index contributed by atoms with van der Waals surface area (Å²) in [6.45, 7) is 1.96. The Hall–Kier alpha value is -1.89. The first-order valence-electron chi connectivity index (χ1n) is 6.64. The van der Waals surface area contributed by atoms with E-state index in [1.54, 1.807) is 18.2 Å². The molecule has 1 N–H and O–H groups in total. The van der Waals surface area contributed by atoms with Gasteiger partial charge in [-0.15, -0.1) is 21.5 Å². The Labute approximate surface area is 146 Å². The Balaban J connectivity index is 1.69. The van der Waals surface area contributed by atoms with Crippen LogP contribution in [0.15, 0.2) is 34.1 Å². The van der Waals surface area contributed by atoms with Gasteiger partial charge in [0, 0.05) is 5.02 Å². The third-order valence-corrected chi connectivity index (χ3v) is 4.59. The summed E-state index contributed by atoms with van der Waals surface area (Å²) in [4.78, 5) is 13.0. The van der Waals surface area contributed by atoms with Crippen molar-refractivity contribution >= 4 is 46.1 Å². The molecule has 5 nitrogen and oxygen atoms in total. The van der Waals surface area contributed by atoms with Crippen molar-refractivity contribution in [3.63, 3.8) is 0 Å². The van der Waals surface area contributed by atoms with Gasteiger partial charge in [0.25, 0.3) is 5.89 Å². The number of hydrogen-bond acceptors (Lipinski definition) is 5. The molecule has 0 unspecified atom stereocenters. The van der Waals surface area contributed by atoms with Crippen LogP contribution < -0.4 is 5.32 Å². The van der Waals surface area contributed by atoms with Gasteiger partial charge in [0.05, 0.1) is 15.6 Å². The number of anilines is 1. The molecule has 1 aromatic carbocycles. The topological polar surface area (TPSA) is 68.0 Å². The maximum atomic E-state index is 12.1. The lowest BCUT2D eigenvalue weighted by Gasteiger charge is -2.05. The van der Waals surface area contributed by atoms with Crippen LogP contribution in [-0.4, -0.2) is 16.1 Å². The maximum absolute atomic E-state index is 12.1. The van der Waals surface area contributed by atoms with E-state index in [0.29, 0.717) is 21.6 Å². The molecule has 1 amide bonds. The van der Waals surface area contributed by atoms with Gasteiger partial charge in [-0.25, -0.2) is 0 Å². The number of benzene rings is 1. The highest BCUT2D eigenvalue weighted by molar-refractivity contribution is 7.13. The average molecular weight is 368 g/mol. The number of nitrogens with one attached hydrogen (secondary N) is 1. The van der Waals surface area contributed by atoms with Gasteiger partial charge in [-0.1, -0.05) is 23.2 Å². The Morgan fingerprint density at radius 1 is 1.30 bits per heavy atom. The zero-order valence-electron chi connectivity index (χ0n) is 12.0. The van der Waals surface area contributed by atoms with Crippen LogP contribution in [0.1, 0.15) is 11.5 Å². The second-order valence-electron chi connectivity index (χ2n) is 4.78. The molecule has 0 fully saturated rings. The molecule has 0 radical (unpaired) electrons. The lowest BCUT2D eigenvalue weighted by molar-refractivity contribution is -0.115. The van der Waals surface area contributed by atoms with Crippen LogP contribution in [0.4, 0.5) is 5.69 Å². The molecule has 0 saturated heterocycles. The van der Waals surface area contributed by atoms with Gasteiger partial charge in [0.15, 0.2) is 0 Å². The van der Waals surface area contributed by atoms with Gasteiger partial charge in [0.2, 0.25) is 11.8 Å². The van der Waals surface area contributed by atoms with Gasteiger partial charge in [-0.2, -0.15) is 0 Å². The summed E-state index contributed by atoms with van der Waals surface area (Å²) in [7, 11) is 0. The van der Waals surface area contributed by atoms with Crippen LogP contribution in [0.5, 0.6) is 0 Å². The van der Waals surface area contributed by atoms with Crippen molar-refractivity contribution in [3.8, 4) is 10.8 Å². The quantitative estimate of drug-likeness (QED) is 0.731.